The molecule has 0 aromatic carbocycles. The number of anilines is 1. The van der Waals surface area contributed by atoms with Gasteiger partial charge in [-0.1, -0.05) is 0 Å². The van der Waals surface area contributed by atoms with Gasteiger partial charge in [0.15, 0.2) is 5.82 Å². The van der Waals surface area contributed by atoms with E-state index in [2.05, 4.69) is 10.3 Å². The van der Waals surface area contributed by atoms with Crippen LogP contribution in [0.25, 0.3) is 0 Å². The van der Waals surface area contributed by atoms with Crippen molar-refractivity contribution in [1.82, 2.24) is 19.8 Å². The SMILES string of the molecule is CCn1ccnc(N2CCNCC2C(=O)N(C)C)c1=O. The van der Waals surface area contributed by atoms with Gasteiger partial charge in [-0.3, -0.25) is 9.59 Å². The van der Waals surface area contributed by atoms with Crippen molar-refractivity contribution in [2.24, 2.45) is 0 Å². The van der Waals surface area contributed by atoms with Crippen molar-refractivity contribution in [2.75, 3.05) is 38.6 Å². The average Bonchev–Trinajstić information content (AvgIpc) is 2.46. The molecule has 7 heteroatoms. The molecule has 1 aromatic rings. The molecule has 1 amide bonds. The molecular formula is C13H21N5O2. The van der Waals surface area contributed by atoms with Gasteiger partial charge in [0, 0.05) is 52.7 Å². The number of amides is 1. The molecule has 1 fully saturated rings. The number of hydrogen-bond acceptors (Lipinski definition) is 5. The summed E-state index contributed by atoms with van der Waals surface area (Å²) < 4.78 is 1.60. The number of carbonyl (C=O) groups excluding carboxylic acids is 1. The second-order valence-corrected chi connectivity index (χ2v) is 4.99. The third-order valence-corrected chi connectivity index (χ3v) is 3.48. The van der Waals surface area contributed by atoms with Gasteiger partial charge in [-0.15, -0.1) is 0 Å². The molecule has 0 radical (unpaired) electrons. The summed E-state index contributed by atoms with van der Waals surface area (Å²) in [5, 5.41) is 3.19. The number of aromatic nitrogens is 2. The Labute approximate surface area is 118 Å². The Hall–Kier alpha value is -1.89. The fourth-order valence-electron chi connectivity index (χ4n) is 2.36. The maximum atomic E-state index is 12.4. The fourth-order valence-corrected chi connectivity index (χ4v) is 2.36. The van der Waals surface area contributed by atoms with Gasteiger partial charge < -0.3 is 19.7 Å². The predicted octanol–water partition coefficient (Wildman–Crippen LogP) is -0.870. The summed E-state index contributed by atoms with van der Waals surface area (Å²) in [5.74, 6) is 0.335. The first kappa shape index (κ1) is 14.5. The molecule has 0 bridgehead atoms. The van der Waals surface area contributed by atoms with Crippen LogP contribution in [-0.4, -0.2) is 60.1 Å². The molecular weight excluding hydrogens is 258 g/mol. The lowest BCUT2D eigenvalue weighted by Crippen LogP contribution is -2.59. The zero-order chi connectivity index (χ0) is 14.7. The van der Waals surface area contributed by atoms with Crippen molar-refractivity contribution in [3.63, 3.8) is 0 Å². The van der Waals surface area contributed by atoms with Crippen molar-refractivity contribution in [3.8, 4) is 0 Å². The van der Waals surface area contributed by atoms with Crippen molar-refractivity contribution < 1.29 is 4.79 Å². The second-order valence-electron chi connectivity index (χ2n) is 4.99. The van der Waals surface area contributed by atoms with Gasteiger partial charge in [0.1, 0.15) is 6.04 Å². The summed E-state index contributed by atoms with van der Waals surface area (Å²) in [7, 11) is 3.44. The monoisotopic (exact) mass is 279 g/mol. The van der Waals surface area contributed by atoms with Crippen LogP contribution in [0, 0.1) is 0 Å². The minimum absolute atomic E-state index is 0.0229. The minimum Gasteiger partial charge on any atom is -0.347 e. The number of carbonyl (C=O) groups is 1. The van der Waals surface area contributed by atoms with Crippen molar-refractivity contribution in [2.45, 2.75) is 19.5 Å². The van der Waals surface area contributed by atoms with Crippen LogP contribution in [0.2, 0.25) is 0 Å². The summed E-state index contributed by atoms with van der Waals surface area (Å²) in [4.78, 5) is 32.2. The Morgan fingerprint density at radius 2 is 2.30 bits per heavy atom. The van der Waals surface area contributed by atoms with E-state index < -0.39 is 0 Å². The highest BCUT2D eigenvalue weighted by molar-refractivity contribution is 5.85. The van der Waals surface area contributed by atoms with E-state index in [1.165, 1.54) is 0 Å². The van der Waals surface area contributed by atoms with E-state index in [-0.39, 0.29) is 17.5 Å². The third-order valence-electron chi connectivity index (χ3n) is 3.48. The molecule has 1 aromatic heterocycles. The van der Waals surface area contributed by atoms with Crippen LogP contribution in [-0.2, 0) is 11.3 Å². The van der Waals surface area contributed by atoms with Crippen LogP contribution in [0.4, 0.5) is 5.82 Å². The zero-order valence-corrected chi connectivity index (χ0v) is 12.2. The standard InChI is InChI=1S/C13H21N5O2/c1-4-17-7-6-15-11(13(17)20)18-8-5-14-9-10(18)12(19)16(2)3/h6-7,10,14H,4-5,8-9H2,1-3H3. The van der Waals surface area contributed by atoms with Crippen molar-refractivity contribution in [3.05, 3.63) is 22.7 Å². The number of likely N-dealkylation sites (N-methyl/N-ethyl adjacent to an activating group) is 1. The molecule has 0 spiro atoms. The molecule has 0 aliphatic carbocycles. The van der Waals surface area contributed by atoms with E-state index in [0.717, 1.165) is 6.54 Å². The highest BCUT2D eigenvalue weighted by atomic mass is 16.2. The zero-order valence-electron chi connectivity index (χ0n) is 12.2. The Balaban J connectivity index is 2.38. The minimum atomic E-state index is -0.383. The van der Waals surface area contributed by atoms with Crippen LogP contribution in [0.15, 0.2) is 17.2 Å². The van der Waals surface area contributed by atoms with Crippen LogP contribution in [0.5, 0.6) is 0 Å². The Kier molecular flexibility index (Phi) is 4.39. The van der Waals surface area contributed by atoms with Crippen LogP contribution in [0.3, 0.4) is 0 Å². The molecule has 20 heavy (non-hydrogen) atoms. The van der Waals surface area contributed by atoms with E-state index in [1.54, 1.807) is 36.0 Å². The largest absolute Gasteiger partial charge is 0.347 e. The molecule has 1 saturated heterocycles. The highest BCUT2D eigenvalue weighted by Gasteiger charge is 2.32. The third kappa shape index (κ3) is 2.67. The summed E-state index contributed by atoms with van der Waals surface area (Å²) >= 11 is 0. The number of piperazine rings is 1. The lowest BCUT2D eigenvalue weighted by Gasteiger charge is -2.36. The number of aryl methyl sites for hydroxylation is 1. The van der Waals surface area contributed by atoms with Crippen LogP contribution < -0.4 is 15.8 Å². The van der Waals surface area contributed by atoms with Gasteiger partial charge in [-0.25, -0.2) is 4.98 Å². The highest BCUT2D eigenvalue weighted by Crippen LogP contribution is 2.12. The molecule has 1 atom stereocenters. The topological polar surface area (TPSA) is 70.5 Å². The molecule has 0 saturated carbocycles. The number of hydrogen-bond donors (Lipinski definition) is 1. The molecule has 1 aliphatic rings. The smallest absolute Gasteiger partial charge is 0.293 e. The van der Waals surface area contributed by atoms with E-state index >= 15 is 0 Å². The molecule has 2 rings (SSSR count). The van der Waals surface area contributed by atoms with Gasteiger partial charge in [-0.05, 0) is 6.92 Å². The number of rotatable bonds is 3. The summed E-state index contributed by atoms with van der Waals surface area (Å²) in [6, 6.07) is -0.383. The van der Waals surface area contributed by atoms with Gasteiger partial charge in [-0.2, -0.15) is 0 Å². The lowest BCUT2D eigenvalue weighted by atomic mass is 10.1. The van der Waals surface area contributed by atoms with Gasteiger partial charge in [0.2, 0.25) is 5.91 Å². The first-order valence-corrected chi connectivity index (χ1v) is 6.80. The summed E-state index contributed by atoms with van der Waals surface area (Å²) in [6.07, 6.45) is 3.27. The lowest BCUT2D eigenvalue weighted by molar-refractivity contribution is -0.130. The maximum absolute atomic E-state index is 12.4. The second kappa shape index (κ2) is 6.04. The molecule has 110 valence electrons. The average molecular weight is 279 g/mol. The molecule has 1 N–H and O–H groups in total. The molecule has 2 heterocycles. The molecule has 7 nitrogen and oxygen atoms in total. The number of nitrogens with zero attached hydrogens (tertiary/aromatic N) is 4. The van der Waals surface area contributed by atoms with Crippen LogP contribution in [0.1, 0.15) is 6.92 Å². The van der Waals surface area contributed by atoms with Crippen LogP contribution >= 0.6 is 0 Å². The Morgan fingerprint density at radius 1 is 1.55 bits per heavy atom. The first-order valence-electron chi connectivity index (χ1n) is 6.80. The Bertz CT molecular complexity index is 540. The maximum Gasteiger partial charge on any atom is 0.293 e. The van der Waals surface area contributed by atoms with E-state index in [0.29, 0.717) is 25.5 Å². The normalized spacial score (nSPS) is 18.9. The fraction of sp³-hybridized carbons (Fsp3) is 0.615. The predicted molar refractivity (Wildman–Crippen MR) is 76.9 cm³/mol. The summed E-state index contributed by atoms with van der Waals surface area (Å²) in [5.41, 5.74) is -0.145. The quantitative estimate of drug-likeness (QED) is 0.779. The van der Waals surface area contributed by atoms with E-state index in [1.807, 2.05) is 11.8 Å². The van der Waals surface area contributed by atoms with Crippen molar-refractivity contribution in [1.29, 1.82) is 0 Å². The van der Waals surface area contributed by atoms with Gasteiger partial charge in [0.25, 0.3) is 5.56 Å². The first-order chi connectivity index (χ1) is 9.56. The summed E-state index contributed by atoms with van der Waals surface area (Å²) in [6.45, 7) is 4.36. The molecule has 1 unspecified atom stereocenters. The van der Waals surface area contributed by atoms with Gasteiger partial charge >= 0.3 is 0 Å². The van der Waals surface area contributed by atoms with Crippen molar-refractivity contribution >= 4 is 11.7 Å². The molecule has 1 aliphatic heterocycles. The number of nitrogens with one attached hydrogen (secondary N) is 1. The van der Waals surface area contributed by atoms with E-state index in [9.17, 15) is 9.59 Å². The van der Waals surface area contributed by atoms with Gasteiger partial charge in [0.05, 0.1) is 0 Å². The Morgan fingerprint density at radius 3 is 2.95 bits per heavy atom. The van der Waals surface area contributed by atoms with E-state index in [4.69, 9.17) is 0 Å².